The smallest absolute Gasteiger partial charge is 0.497 e. The Bertz CT molecular complexity index is 3530. The van der Waals surface area contributed by atoms with Crippen molar-refractivity contribution in [1.82, 2.24) is 18.9 Å². The zero-order chi connectivity index (χ0) is 41.7. The van der Waals surface area contributed by atoms with Crippen molar-refractivity contribution in [3.05, 3.63) is 168 Å². The molecule has 0 saturated heterocycles. The summed E-state index contributed by atoms with van der Waals surface area (Å²) in [6, 6.07) is 50.0. The molecule has 0 saturated carbocycles. The zero-order valence-corrected chi connectivity index (χ0v) is 38.0. The van der Waals surface area contributed by atoms with Gasteiger partial charge in [-0.05, 0) is 113 Å². The Kier molecular flexibility index (Phi) is 9.68. The molecule has 11 aromatic rings. The van der Waals surface area contributed by atoms with E-state index in [-0.39, 0.29) is 32.9 Å². The molecule has 0 fully saturated rings. The van der Waals surface area contributed by atoms with Gasteiger partial charge in [0.15, 0.2) is 0 Å². The van der Waals surface area contributed by atoms with E-state index in [0.717, 1.165) is 77.3 Å². The molecule has 7 aromatic carbocycles. The number of benzene rings is 7. The molecule has 11 rings (SSSR count). The van der Waals surface area contributed by atoms with Crippen LogP contribution < -0.4 is 4.74 Å². The summed E-state index contributed by atoms with van der Waals surface area (Å²) in [5, 5.41) is 4.16. The normalized spacial score (nSPS) is 12.0. The van der Waals surface area contributed by atoms with Gasteiger partial charge in [-0.1, -0.05) is 112 Å². The van der Waals surface area contributed by atoms with Crippen molar-refractivity contribution in [2.45, 2.75) is 60.3 Å². The van der Waals surface area contributed by atoms with Crippen molar-refractivity contribution in [3.63, 3.8) is 0 Å². The molecule has 62 heavy (non-hydrogen) atoms. The van der Waals surface area contributed by atoms with Crippen LogP contribution in [-0.4, -0.2) is 18.9 Å². The topological polar surface area (TPSA) is 57.5 Å². The van der Waals surface area contributed by atoms with Gasteiger partial charge in [-0.2, -0.15) is 0 Å². The van der Waals surface area contributed by atoms with E-state index in [1.54, 1.807) is 6.26 Å². The zero-order valence-electron chi connectivity index (χ0n) is 35.7. The first-order valence-corrected chi connectivity index (χ1v) is 21.1. The van der Waals surface area contributed by atoms with Gasteiger partial charge in [0.25, 0.3) is 0 Å². The third-order valence-electron chi connectivity index (χ3n) is 12.4. The number of ether oxygens (including phenoxy) is 1. The van der Waals surface area contributed by atoms with Crippen molar-refractivity contribution in [2.75, 3.05) is 0 Å². The molecule has 6 nitrogen and oxygen atoms in total. The van der Waals surface area contributed by atoms with Crippen LogP contribution in [0, 0.1) is 32.9 Å². The summed E-state index contributed by atoms with van der Waals surface area (Å²) in [5.74, 6) is 2.50. The monoisotopic (exact) mass is 987 g/mol. The Morgan fingerprint density at radius 1 is 0.613 bits per heavy atom. The van der Waals surface area contributed by atoms with Crippen molar-refractivity contribution in [3.8, 4) is 39.7 Å². The number of pyridine rings is 1. The molecule has 0 atom stereocenters. The van der Waals surface area contributed by atoms with Gasteiger partial charge in [0.1, 0.15) is 5.58 Å². The molecule has 0 spiro atoms. The van der Waals surface area contributed by atoms with Crippen LogP contribution in [0.1, 0.15) is 67.3 Å². The Morgan fingerprint density at radius 3 is 2.13 bits per heavy atom. The summed E-state index contributed by atoms with van der Waals surface area (Å²) < 4.78 is 17.2. The fourth-order valence-corrected chi connectivity index (χ4v) is 9.25. The fraction of sp³-hybridized carbons (Fsp3) is 0.164. The summed E-state index contributed by atoms with van der Waals surface area (Å²) in [7, 11) is 0. The van der Waals surface area contributed by atoms with E-state index in [2.05, 4.69) is 167 Å². The molecule has 4 aromatic heterocycles. The summed E-state index contributed by atoms with van der Waals surface area (Å²) in [4.78, 5) is 10.6. The predicted molar refractivity (Wildman–Crippen MR) is 250 cm³/mol. The van der Waals surface area contributed by atoms with E-state index in [9.17, 15) is 0 Å². The van der Waals surface area contributed by atoms with E-state index < -0.39 is 0 Å². The van der Waals surface area contributed by atoms with Crippen LogP contribution >= 0.6 is 0 Å². The Morgan fingerprint density at radius 2 is 1.35 bits per heavy atom. The van der Waals surface area contributed by atoms with Gasteiger partial charge >= 0.3 is 21.1 Å². The molecule has 0 radical (unpaired) electrons. The summed E-state index contributed by atoms with van der Waals surface area (Å²) >= 11 is 0. The Labute approximate surface area is 375 Å². The van der Waals surface area contributed by atoms with Crippen LogP contribution in [0.3, 0.4) is 0 Å². The van der Waals surface area contributed by atoms with Crippen LogP contribution in [0.25, 0.3) is 88.6 Å². The molecular formula is C55H44N4O2Pt. The van der Waals surface area contributed by atoms with Gasteiger partial charge in [-0.15, -0.1) is 29.3 Å². The molecule has 0 aliphatic heterocycles. The first-order chi connectivity index (χ1) is 29.6. The van der Waals surface area contributed by atoms with Crippen LogP contribution in [0.5, 0.6) is 11.5 Å². The number of para-hydroxylation sites is 2. The second-order valence-corrected chi connectivity index (χ2v) is 17.0. The number of aryl methyl sites for hydroxylation is 3. The van der Waals surface area contributed by atoms with E-state index >= 15 is 0 Å². The minimum absolute atomic E-state index is 0. The Balaban J connectivity index is 0.00000458. The van der Waals surface area contributed by atoms with E-state index in [0.29, 0.717) is 11.5 Å². The van der Waals surface area contributed by atoms with E-state index in [1.165, 1.54) is 39.1 Å². The number of furan rings is 1. The third kappa shape index (κ3) is 6.26. The molecule has 4 heterocycles. The minimum atomic E-state index is 0. The Hall–Kier alpha value is -6.49. The number of hydrogen-bond donors (Lipinski definition) is 0. The molecule has 7 heteroatoms. The average molecular weight is 988 g/mol. The SMILES string of the molecule is Cc1cc2c3c(C)cc(Oc4[c-]c(-c5nc6ccccc6n5-c5c(C(C)C)cc(-c6ccccc6)cc5C(C)C)ccc4)[c-]c3c3nc4c5ccoc5ccc4n3c2cc1C.[Pt+2]. The fourth-order valence-electron chi connectivity index (χ4n) is 9.25. The van der Waals surface area contributed by atoms with Gasteiger partial charge in [0, 0.05) is 28.1 Å². The molecule has 0 N–H and O–H groups in total. The maximum Gasteiger partial charge on any atom is 2.00 e. The van der Waals surface area contributed by atoms with E-state index in [1.807, 2.05) is 24.3 Å². The van der Waals surface area contributed by atoms with Crippen molar-refractivity contribution in [2.24, 2.45) is 0 Å². The molecule has 0 amide bonds. The van der Waals surface area contributed by atoms with Gasteiger partial charge in [-0.25, -0.2) is 0 Å². The molecule has 0 aliphatic rings. The maximum atomic E-state index is 6.77. The molecular weight excluding hydrogens is 944 g/mol. The van der Waals surface area contributed by atoms with Crippen LogP contribution in [0.15, 0.2) is 132 Å². The molecule has 0 unspecified atom stereocenters. The van der Waals surface area contributed by atoms with E-state index in [4.69, 9.17) is 19.1 Å². The van der Waals surface area contributed by atoms with Gasteiger partial charge in [-0.3, -0.25) is 9.97 Å². The van der Waals surface area contributed by atoms with Crippen molar-refractivity contribution in [1.29, 1.82) is 0 Å². The predicted octanol–water partition coefficient (Wildman–Crippen LogP) is 14.8. The van der Waals surface area contributed by atoms with Gasteiger partial charge < -0.3 is 18.1 Å². The maximum absolute atomic E-state index is 6.77. The number of hydrogen-bond acceptors (Lipinski definition) is 4. The van der Waals surface area contributed by atoms with Crippen LogP contribution in [0.2, 0.25) is 0 Å². The first-order valence-electron chi connectivity index (χ1n) is 21.1. The number of aromatic nitrogens is 4. The van der Waals surface area contributed by atoms with Crippen molar-refractivity contribution >= 4 is 60.4 Å². The second-order valence-electron chi connectivity index (χ2n) is 17.0. The quantitative estimate of drug-likeness (QED) is 0.118. The molecule has 0 aliphatic carbocycles. The summed E-state index contributed by atoms with van der Waals surface area (Å²) in [6.07, 6.45) is 1.73. The number of fused-ring (bicyclic) bond motifs is 11. The number of rotatable bonds is 7. The largest absolute Gasteiger partial charge is 2.00 e. The van der Waals surface area contributed by atoms with Crippen LogP contribution in [-0.2, 0) is 21.1 Å². The number of imidazole rings is 2. The third-order valence-corrected chi connectivity index (χ3v) is 12.4. The minimum Gasteiger partial charge on any atom is -0.497 e. The molecule has 306 valence electrons. The van der Waals surface area contributed by atoms with Crippen molar-refractivity contribution < 1.29 is 30.2 Å². The van der Waals surface area contributed by atoms with Gasteiger partial charge in [0.05, 0.1) is 39.8 Å². The molecule has 0 bridgehead atoms. The second kappa shape index (κ2) is 15.1. The number of nitrogens with zero attached hydrogens (tertiary/aromatic N) is 4. The standard InChI is InChI=1S/C55H44N4O2.Pt/c1-31(2)42-28-38(36-14-9-8-10-15-36)29-43(32(3)4)53(42)59-47-19-12-11-18-46(47)56-54(59)37-16-13-17-39(27-37)61-40-24-35(7)51-44-25-33(5)34(6)26-49(44)58-48-20-21-50-41(22-23-60-50)52(48)57-55(58)45(51)30-40;/h8-26,28-29,31-32H,1-7H3;/q-2;+2. The van der Waals surface area contributed by atoms with Gasteiger partial charge in [0.2, 0.25) is 0 Å². The first kappa shape index (κ1) is 39.6. The summed E-state index contributed by atoms with van der Waals surface area (Å²) in [6.45, 7) is 15.6. The average Bonchev–Trinajstić information content (AvgIpc) is 4.00. The summed E-state index contributed by atoms with van der Waals surface area (Å²) in [5.41, 5.74) is 17.2. The van der Waals surface area contributed by atoms with Crippen LogP contribution in [0.4, 0.5) is 0 Å².